The van der Waals surface area contributed by atoms with Crippen molar-refractivity contribution in [3.8, 4) is 5.69 Å². The highest BCUT2D eigenvalue weighted by atomic mass is 35.5. The first-order chi connectivity index (χ1) is 11.5. The summed E-state index contributed by atoms with van der Waals surface area (Å²) in [5, 5.41) is 11.1. The predicted octanol–water partition coefficient (Wildman–Crippen LogP) is 3.55. The van der Waals surface area contributed by atoms with E-state index in [0.717, 1.165) is 5.56 Å². The molecule has 3 aromatic rings. The molecule has 122 valence electrons. The lowest BCUT2D eigenvalue weighted by Gasteiger charge is -2.13. The molecule has 0 fully saturated rings. The molecule has 2 aromatic carbocycles. The van der Waals surface area contributed by atoms with Crippen LogP contribution in [0, 0.1) is 5.82 Å². The van der Waals surface area contributed by atoms with E-state index in [4.69, 9.17) is 11.6 Å². The predicted molar refractivity (Wildman–Crippen MR) is 88.7 cm³/mol. The lowest BCUT2D eigenvalue weighted by atomic mass is 10.1. The number of hydrogen-bond donors (Lipinski definition) is 1. The summed E-state index contributed by atoms with van der Waals surface area (Å²) in [6, 6.07) is 12.8. The number of carbonyl (C=O) groups excluding carboxylic acids is 1. The van der Waals surface area contributed by atoms with Crippen LogP contribution in [0.15, 0.2) is 54.7 Å². The van der Waals surface area contributed by atoms with Crippen LogP contribution in [0.5, 0.6) is 0 Å². The number of aromatic nitrogens is 3. The van der Waals surface area contributed by atoms with Crippen LogP contribution in [0.25, 0.3) is 5.69 Å². The van der Waals surface area contributed by atoms with Crippen molar-refractivity contribution in [2.45, 2.75) is 13.0 Å². The maximum atomic E-state index is 13.0. The van der Waals surface area contributed by atoms with E-state index in [2.05, 4.69) is 15.6 Å². The second-order valence-electron chi connectivity index (χ2n) is 5.25. The number of hydrogen-bond acceptors (Lipinski definition) is 3. The maximum Gasteiger partial charge on any atom is 0.273 e. The molecule has 0 spiro atoms. The summed E-state index contributed by atoms with van der Waals surface area (Å²) in [4.78, 5) is 12.3. The van der Waals surface area contributed by atoms with Gasteiger partial charge in [-0.3, -0.25) is 4.79 Å². The van der Waals surface area contributed by atoms with Gasteiger partial charge in [0.25, 0.3) is 5.91 Å². The molecule has 0 saturated heterocycles. The van der Waals surface area contributed by atoms with Gasteiger partial charge >= 0.3 is 0 Å². The van der Waals surface area contributed by atoms with Crippen molar-refractivity contribution in [1.82, 2.24) is 20.3 Å². The van der Waals surface area contributed by atoms with Gasteiger partial charge < -0.3 is 5.32 Å². The van der Waals surface area contributed by atoms with Gasteiger partial charge in [-0.15, -0.1) is 5.10 Å². The zero-order valence-corrected chi connectivity index (χ0v) is 13.5. The third kappa shape index (κ3) is 3.44. The second-order valence-corrected chi connectivity index (χ2v) is 5.65. The quantitative estimate of drug-likeness (QED) is 0.787. The Kier molecular flexibility index (Phi) is 4.57. The minimum Gasteiger partial charge on any atom is -0.344 e. The van der Waals surface area contributed by atoms with Crippen molar-refractivity contribution < 1.29 is 9.18 Å². The van der Waals surface area contributed by atoms with E-state index < -0.39 is 0 Å². The van der Waals surface area contributed by atoms with E-state index in [-0.39, 0.29) is 23.5 Å². The summed E-state index contributed by atoms with van der Waals surface area (Å²) in [5.41, 5.74) is 1.60. The SMILES string of the molecule is CC(NC(=O)c1cn(-c2ccccc2Cl)nn1)c1ccc(F)cc1. The van der Waals surface area contributed by atoms with Crippen LogP contribution in [-0.2, 0) is 0 Å². The Labute approximate surface area is 143 Å². The lowest BCUT2D eigenvalue weighted by Crippen LogP contribution is -2.27. The summed E-state index contributed by atoms with van der Waals surface area (Å²) < 4.78 is 14.4. The number of nitrogens with one attached hydrogen (secondary N) is 1. The first-order valence-corrected chi connectivity index (χ1v) is 7.66. The normalized spacial score (nSPS) is 12.0. The zero-order chi connectivity index (χ0) is 17.1. The van der Waals surface area contributed by atoms with Crippen LogP contribution in [0.4, 0.5) is 4.39 Å². The lowest BCUT2D eigenvalue weighted by molar-refractivity contribution is 0.0935. The Balaban J connectivity index is 1.74. The molecule has 0 aliphatic heterocycles. The highest BCUT2D eigenvalue weighted by Crippen LogP contribution is 2.19. The van der Waals surface area contributed by atoms with E-state index in [9.17, 15) is 9.18 Å². The Morgan fingerprint density at radius 1 is 1.21 bits per heavy atom. The number of nitrogens with zero attached hydrogens (tertiary/aromatic N) is 3. The van der Waals surface area contributed by atoms with Gasteiger partial charge in [-0.05, 0) is 36.8 Å². The molecule has 3 rings (SSSR count). The fraction of sp³-hybridized carbons (Fsp3) is 0.118. The van der Waals surface area contributed by atoms with Crippen LogP contribution in [0.2, 0.25) is 5.02 Å². The molecule has 24 heavy (non-hydrogen) atoms. The molecule has 1 N–H and O–H groups in total. The monoisotopic (exact) mass is 344 g/mol. The third-order valence-corrected chi connectivity index (χ3v) is 3.86. The Bertz CT molecular complexity index is 863. The molecule has 1 aromatic heterocycles. The van der Waals surface area contributed by atoms with Crippen molar-refractivity contribution in [3.05, 3.63) is 76.8 Å². The Hall–Kier alpha value is -2.73. The molecule has 0 saturated carbocycles. The number of halogens is 2. The van der Waals surface area contributed by atoms with Crippen LogP contribution in [0.3, 0.4) is 0 Å². The summed E-state index contributed by atoms with van der Waals surface area (Å²) >= 11 is 6.10. The molecule has 5 nitrogen and oxygen atoms in total. The van der Waals surface area contributed by atoms with Crippen LogP contribution in [-0.4, -0.2) is 20.9 Å². The van der Waals surface area contributed by atoms with Crippen LogP contribution < -0.4 is 5.32 Å². The molecule has 0 aliphatic rings. The summed E-state index contributed by atoms with van der Waals surface area (Å²) in [6.45, 7) is 1.81. The minimum atomic E-state index is -0.370. The standard InChI is InChI=1S/C17H14ClFN4O/c1-11(12-6-8-13(19)9-7-12)20-17(24)15-10-23(22-21-15)16-5-3-2-4-14(16)18/h2-11H,1H3,(H,20,24). The zero-order valence-electron chi connectivity index (χ0n) is 12.8. The summed E-state index contributed by atoms with van der Waals surface area (Å²) in [7, 11) is 0. The van der Waals surface area contributed by atoms with E-state index in [0.29, 0.717) is 10.7 Å². The Morgan fingerprint density at radius 3 is 2.62 bits per heavy atom. The highest BCUT2D eigenvalue weighted by Gasteiger charge is 2.16. The molecule has 0 radical (unpaired) electrons. The minimum absolute atomic E-state index is 0.170. The van der Waals surface area contributed by atoms with Crippen LogP contribution >= 0.6 is 11.6 Å². The number of para-hydroxylation sites is 1. The van der Waals surface area contributed by atoms with Gasteiger partial charge in [0.05, 0.1) is 22.9 Å². The second kappa shape index (κ2) is 6.80. The number of carbonyl (C=O) groups is 1. The van der Waals surface area contributed by atoms with E-state index in [1.54, 1.807) is 30.3 Å². The number of benzene rings is 2. The smallest absolute Gasteiger partial charge is 0.273 e. The van der Waals surface area contributed by atoms with Gasteiger partial charge in [0.15, 0.2) is 5.69 Å². The average Bonchev–Trinajstić information content (AvgIpc) is 3.05. The third-order valence-electron chi connectivity index (χ3n) is 3.54. The topological polar surface area (TPSA) is 59.8 Å². The summed E-state index contributed by atoms with van der Waals surface area (Å²) in [6.07, 6.45) is 1.51. The van der Waals surface area contributed by atoms with Gasteiger partial charge in [-0.25, -0.2) is 9.07 Å². The van der Waals surface area contributed by atoms with Gasteiger partial charge in [0, 0.05) is 0 Å². The van der Waals surface area contributed by atoms with Crippen LogP contribution in [0.1, 0.15) is 29.0 Å². The molecular weight excluding hydrogens is 331 g/mol. The van der Waals surface area contributed by atoms with E-state index in [1.807, 2.05) is 13.0 Å². The molecule has 1 unspecified atom stereocenters. The van der Waals surface area contributed by atoms with Gasteiger partial charge in [-0.1, -0.05) is 41.1 Å². The largest absolute Gasteiger partial charge is 0.344 e. The van der Waals surface area contributed by atoms with Crippen molar-refractivity contribution in [1.29, 1.82) is 0 Å². The van der Waals surface area contributed by atoms with Crippen molar-refractivity contribution in [2.24, 2.45) is 0 Å². The van der Waals surface area contributed by atoms with Gasteiger partial charge in [0.1, 0.15) is 5.82 Å². The number of amides is 1. The van der Waals surface area contributed by atoms with E-state index in [1.165, 1.54) is 23.0 Å². The number of rotatable bonds is 4. The molecule has 1 amide bonds. The summed E-state index contributed by atoms with van der Waals surface area (Å²) in [5.74, 6) is -0.690. The molecule has 1 heterocycles. The van der Waals surface area contributed by atoms with Crippen molar-refractivity contribution in [2.75, 3.05) is 0 Å². The average molecular weight is 345 g/mol. The van der Waals surface area contributed by atoms with Gasteiger partial charge in [-0.2, -0.15) is 0 Å². The molecule has 7 heteroatoms. The van der Waals surface area contributed by atoms with Crippen molar-refractivity contribution >= 4 is 17.5 Å². The molecular formula is C17H14ClFN4O. The Morgan fingerprint density at radius 2 is 1.92 bits per heavy atom. The maximum absolute atomic E-state index is 13.0. The molecule has 1 atom stereocenters. The van der Waals surface area contributed by atoms with Gasteiger partial charge in [0.2, 0.25) is 0 Å². The van der Waals surface area contributed by atoms with E-state index >= 15 is 0 Å². The van der Waals surface area contributed by atoms with Crippen molar-refractivity contribution in [3.63, 3.8) is 0 Å². The molecule has 0 aliphatic carbocycles. The molecule has 0 bridgehead atoms. The first kappa shape index (κ1) is 16.1. The fourth-order valence-corrected chi connectivity index (χ4v) is 2.45. The first-order valence-electron chi connectivity index (χ1n) is 7.28. The highest BCUT2D eigenvalue weighted by molar-refractivity contribution is 6.32. The fourth-order valence-electron chi connectivity index (χ4n) is 2.23.